The van der Waals surface area contributed by atoms with Gasteiger partial charge in [0.2, 0.25) is 11.8 Å². The lowest BCUT2D eigenvalue weighted by molar-refractivity contribution is -0.274. The smallest absolute Gasteiger partial charge is 0.406 e. The Labute approximate surface area is 183 Å². The number of nitrogens with one attached hydrogen (secondary N) is 1. The van der Waals surface area contributed by atoms with Crippen LogP contribution in [0.2, 0.25) is 0 Å². The molecule has 0 fully saturated rings. The van der Waals surface area contributed by atoms with Crippen molar-refractivity contribution in [1.29, 1.82) is 0 Å². The van der Waals surface area contributed by atoms with E-state index in [4.69, 9.17) is 0 Å². The third kappa shape index (κ3) is 6.57. The van der Waals surface area contributed by atoms with Crippen LogP contribution in [0.5, 0.6) is 5.75 Å². The van der Waals surface area contributed by atoms with E-state index < -0.39 is 18.0 Å². The monoisotopic (exact) mass is 448 g/mol. The number of alkyl halides is 3. The van der Waals surface area contributed by atoms with Gasteiger partial charge in [0.05, 0.1) is 6.54 Å². The summed E-state index contributed by atoms with van der Waals surface area (Å²) in [5.74, 6) is -1.40. The molecule has 0 heterocycles. The van der Waals surface area contributed by atoms with Gasteiger partial charge in [-0.15, -0.1) is 13.2 Å². The highest BCUT2D eigenvalue weighted by Gasteiger charge is 2.31. The number of hydrogen-bond acceptors (Lipinski definition) is 4. The fourth-order valence-corrected chi connectivity index (χ4v) is 3.54. The Hall–Kier alpha value is -3.36. The molecule has 170 valence electrons. The standard InChI is InChI=1S/C23H23F3N2O4/c1-28(14-21(30)27-18-7-9-19(10-8-18)32-23(24,25)26)22(31)12-11-20(29)17-6-5-15-3-2-4-16(15)13-17/h5-10,13H,2-4,11-12,14H2,1H3,(H,27,30). The molecule has 1 N–H and O–H groups in total. The van der Waals surface area contributed by atoms with Crippen molar-refractivity contribution in [3.63, 3.8) is 0 Å². The summed E-state index contributed by atoms with van der Waals surface area (Å²) >= 11 is 0. The number of carbonyl (C=O) groups is 3. The van der Waals surface area contributed by atoms with Gasteiger partial charge in [-0.05, 0) is 60.7 Å². The van der Waals surface area contributed by atoms with Crippen LogP contribution in [0.4, 0.5) is 18.9 Å². The second kappa shape index (κ2) is 9.84. The summed E-state index contributed by atoms with van der Waals surface area (Å²) < 4.78 is 40.3. The van der Waals surface area contributed by atoms with E-state index in [1.165, 1.54) is 35.2 Å². The maximum Gasteiger partial charge on any atom is 0.573 e. The summed E-state index contributed by atoms with van der Waals surface area (Å²) in [6, 6.07) is 10.3. The Balaban J connectivity index is 1.44. The molecule has 0 spiro atoms. The van der Waals surface area contributed by atoms with E-state index in [0.717, 1.165) is 31.4 Å². The minimum atomic E-state index is -4.80. The predicted molar refractivity (Wildman–Crippen MR) is 111 cm³/mol. The summed E-state index contributed by atoms with van der Waals surface area (Å²) in [5.41, 5.74) is 3.31. The first-order valence-corrected chi connectivity index (χ1v) is 10.2. The molecule has 6 nitrogen and oxygen atoms in total. The molecule has 32 heavy (non-hydrogen) atoms. The number of hydrogen-bond donors (Lipinski definition) is 1. The zero-order chi connectivity index (χ0) is 23.3. The highest BCUT2D eigenvalue weighted by Crippen LogP contribution is 2.25. The number of fused-ring (bicyclic) bond motifs is 1. The number of ether oxygens (including phenoxy) is 1. The van der Waals surface area contributed by atoms with E-state index in [0.29, 0.717) is 5.56 Å². The van der Waals surface area contributed by atoms with Gasteiger partial charge in [0.1, 0.15) is 5.75 Å². The number of benzene rings is 2. The third-order valence-corrected chi connectivity index (χ3v) is 5.16. The van der Waals surface area contributed by atoms with Crippen molar-refractivity contribution in [1.82, 2.24) is 4.90 Å². The van der Waals surface area contributed by atoms with Crippen molar-refractivity contribution in [2.45, 2.75) is 38.5 Å². The van der Waals surface area contributed by atoms with E-state index in [2.05, 4.69) is 10.1 Å². The molecule has 0 unspecified atom stereocenters. The van der Waals surface area contributed by atoms with Crippen LogP contribution >= 0.6 is 0 Å². The van der Waals surface area contributed by atoms with Crippen LogP contribution in [0.3, 0.4) is 0 Å². The number of nitrogens with zero attached hydrogens (tertiary/aromatic N) is 1. The molecule has 2 aromatic carbocycles. The lowest BCUT2D eigenvalue weighted by Gasteiger charge is -2.17. The molecule has 1 aliphatic carbocycles. The first-order valence-electron chi connectivity index (χ1n) is 10.2. The van der Waals surface area contributed by atoms with Crippen molar-refractivity contribution in [2.24, 2.45) is 0 Å². The number of ketones is 1. The molecule has 0 atom stereocenters. The SMILES string of the molecule is CN(CC(=O)Nc1ccc(OC(F)(F)F)cc1)C(=O)CCC(=O)c1ccc2c(c1)CCC2. The molecular formula is C23H23F3N2O4. The van der Waals surface area contributed by atoms with Crippen molar-refractivity contribution in [2.75, 3.05) is 18.9 Å². The maximum absolute atomic E-state index is 12.4. The number of likely N-dealkylation sites (N-methyl/N-ethyl adjacent to an activating group) is 1. The maximum atomic E-state index is 12.4. The van der Waals surface area contributed by atoms with Gasteiger partial charge in [0.25, 0.3) is 0 Å². The molecule has 1 aliphatic rings. The summed E-state index contributed by atoms with van der Waals surface area (Å²) in [5, 5.41) is 2.50. The second-order valence-electron chi connectivity index (χ2n) is 7.63. The van der Waals surface area contributed by atoms with Crippen LogP contribution in [-0.4, -0.2) is 42.5 Å². The largest absolute Gasteiger partial charge is 0.573 e. The fraction of sp³-hybridized carbons (Fsp3) is 0.348. The first-order chi connectivity index (χ1) is 15.1. The fourth-order valence-electron chi connectivity index (χ4n) is 3.54. The van der Waals surface area contributed by atoms with Crippen LogP contribution in [0.15, 0.2) is 42.5 Å². The lowest BCUT2D eigenvalue weighted by atomic mass is 10.0. The average Bonchev–Trinajstić information content (AvgIpc) is 3.19. The van der Waals surface area contributed by atoms with Crippen molar-refractivity contribution in [3.8, 4) is 5.75 Å². The minimum absolute atomic E-state index is 0.0246. The molecular weight excluding hydrogens is 425 g/mol. The second-order valence-corrected chi connectivity index (χ2v) is 7.63. The van der Waals surface area contributed by atoms with E-state index in [1.807, 2.05) is 12.1 Å². The number of rotatable bonds is 8. The summed E-state index contributed by atoms with van der Waals surface area (Å²) in [7, 11) is 1.45. The Morgan fingerprint density at radius 2 is 1.69 bits per heavy atom. The molecule has 0 aromatic heterocycles. The third-order valence-electron chi connectivity index (χ3n) is 5.16. The van der Waals surface area contributed by atoms with Crippen LogP contribution in [0, 0.1) is 0 Å². The molecule has 3 rings (SSSR count). The average molecular weight is 448 g/mol. The van der Waals surface area contributed by atoms with Gasteiger partial charge in [0.15, 0.2) is 5.78 Å². The van der Waals surface area contributed by atoms with Crippen LogP contribution < -0.4 is 10.1 Å². The zero-order valence-corrected chi connectivity index (χ0v) is 17.5. The molecule has 0 aliphatic heterocycles. The summed E-state index contributed by atoms with van der Waals surface area (Å²) in [6.45, 7) is -0.257. The Morgan fingerprint density at radius 3 is 2.38 bits per heavy atom. The molecule has 2 aromatic rings. The number of amides is 2. The highest BCUT2D eigenvalue weighted by molar-refractivity contribution is 5.99. The normalized spacial score (nSPS) is 12.8. The quantitative estimate of drug-likeness (QED) is 0.616. The van der Waals surface area contributed by atoms with Crippen LogP contribution in [-0.2, 0) is 22.4 Å². The van der Waals surface area contributed by atoms with Crippen molar-refractivity contribution >= 4 is 23.3 Å². The first kappa shape index (κ1) is 23.3. The molecule has 0 bridgehead atoms. The summed E-state index contributed by atoms with van der Waals surface area (Å²) in [6.07, 6.45) is -1.70. The molecule has 0 saturated heterocycles. The van der Waals surface area contributed by atoms with E-state index in [1.54, 1.807) is 6.07 Å². The minimum Gasteiger partial charge on any atom is -0.406 e. The van der Waals surface area contributed by atoms with Crippen LogP contribution in [0.25, 0.3) is 0 Å². The van der Waals surface area contributed by atoms with Gasteiger partial charge >= 0.3 is 6.36 Å². The number of carbonyl (C=O) groups excluding carboxylic acids is 3. The zero-order valence-electron chi connectivity index (χ0n) is 17.5. The number of anilines is 1. The van der Waals surface area contributed by atoms with Gasteiger partial charge in [-0.2, -0.15) is 0 Å². The Morgan fingerprint density at radius 1 is 1.00 bits per heavy atom. The molecule has 9 heteroatoms. The lowest BCUT2D eigenvalue weighted by Crippen LogP contribution is -2.35. The van der Waals surface area contributed by atoms with E-state index in [9.17, 15) is 27.6 Å². The van der Waals surface area contributed by atoms with Crippen molar-refractivity contribution < 1.29 is 32.3 Å². The Bertz CT molecular complexity index is 1000. The van der Waals surface area contributed by atoms with E-state index in [-0.39, 0.29) is 36.8 Å². The highest BCUT2D eigenvalue weighted by atomic mass is 19.4. The number of Topliss-reactive ketones (excluding diaryl/α,β-unsaturated/α-hetero) is 1. The van der Waals surface area contributed by atoms with Gasteiger partial charge in [-0.3, -0.25) is 14.4 Å². The Kier molecular flexibility index (Phi) is 7.17. The van der Waals surface area contributed by atoms with Gasteiger partial charge < -0.3 is 15.0 Å². The van der Waals surface area contributed by atoms with Gasteiger partial charge in [-0.25, -0.2) is 0 Å². The topological polar surface area (TPSA) is 75.7 Å². The van der Waals surface area contributed by atoms with E-state index >= 15 is 0 Å². The van der Waals surface area contributed by atoms with Gasteiger partial charge in [0, 0.05) is 31.1 Å². The number of aryl methyl sites for hydroxylation is 2. The van der Waals surface area contributed by atoms with Crippen molar-refractivity contribution in [3.05, 3.63) is 59.2 Å². The number of halogens is 3. The molecule has 0 radical (unpaired) electrons. The molecule has 2 amide bonds. The van der Waals surface area contributed by atoms with Gasteiger partial charge in [-0.1, -0.05) is 12.1 Å². The predicted octanol–water partition coefficient (Wildman–Crippen LogP) is 4.13. The molecule has 0 saturated carbocycles. The van der Waals surface area contributed by atoms with Crippen LogP contribution in [0.1, 0.15) is 40.7 Å². The summed E-state index contributed by atoms with van der Waals surface area (Å²) in [4.78, 5) is 38.0.